The second-order valence-corrected chi connectivity index (χ2v) is 7.24. The van der Waals surface area contributed by atoms with Crippen molar-refractivity contribution in [1.82, 2.24) is 9.80 Å². The van der Waals surface area contributed by atoms with E-state index >= 15 is 0 Å². The molecular formula is C23H29N3O3. The number of nitrogens with zero attached hydrogens (tertiary/aromatic N) is 3. The van der Waals surface area contributed by atoms with E-state index in [1.807, 2.05) is 59.5 Å². The Morgan fingerprint density at radius 1 is 0.966 bits per heavy atom. The molecule has 6 nitrogen and oxygen atoms in total. The monoisotopic (exact) mass is 395 g/mol. The average molecular weight is 396 g/mol. The van der Waals surface area contributed by atoms with Gasteiger partial charge in [-0.05, 0) is 29.8 Å². The molecule has 3 rings (SSSR count). The van der Waals surface area contributed by atoms with Gasteiger partial charge in [-0.2, -0.15) is 0 Å². The van der Waals surface area contributed by atoms with Gasteiger partial charge in [0.25, 0.3) is 0 Å². The quantitative estimate of drug-likeness (QED) is 0.723. The summed E-state index contributed by atoms with van der Waals surface area (Å²) >= 11 is 0. The number of anilines is 1. The van der Waals surface area contributed by atoms with Crippen molar-refractivity contribution in [1.29, 1.82) is 0 Å². The maximum absolute atomic E-state index is 12.7. The molecule has 0 spiro atoms. The molecule has 0 N–H and O–H groups in total. The summed E-state index contributed by atoms with van der Waals surface area (Å²) < 4.78 is 5.21. The van der Waals surface area contributed by atoms with Gasteiger partial charge in [-0.25, -0.2) is 0 Å². The molecule has 2 aromatic carbocycles. The maximum atomic E-state index is 12.7. The van der Waals surface area contributed by atoms with E-state index in [1.54, 1.807) is 18.9 Å². The third kappa shape index (κ3) is 5.73. The van der Waals surface area contributed by atoms with Crippen LogP contribution in [0.3, 0.4) is 0 Å². The number of carbonyl (C=O) groups excluding carboxylic acids is 2. The van der Waals surface area contributed by atoms with Gasteiger partial charge in [0.15, 0.2) is 0 Å². The zero-order valence-corrected chi connectivity index (χ0v) is 17.2. The molecule has 0 radical (unpaired) electrons. The fourth-order valence-electron chi connectivity index (χ4n) is 3.55. The molecule has 0 saturated carbocycles. The Hall–Kier alpha value is -3.02. The molecule has 1 fully saturated rings. The molecule has 1 heterocycles. The normalized spacial score (nSPS) is 13.9. The number of benzene rings is 2. The van der Waals surface area contributed by atoms with Crippen LogP contribution >= 0.6 is 0 Å². The van der Waals surface area contributed by atoms with Gasteiger partial charge in [-0.15, -0.1) is 0 Å². The zero-order valence-electron chi connectivity index (χ0n) is 17.2. The SMILES string of the molecule is COc1ccc(N2CCN(C(=O)CCN(Cc3ccccc3)C(C)=O)CC2)cc1. The van der Waals surface area contributed by atoms with Crippen LogP contribution in [0.1, 0.15) is 18.9 Å². The lowest BCUT2D eigenvalue weighted by Crippen LogP contribution is -2.49. The highest BCUT2D eigenvalue weighted by atomic mass is 16.5. The van der Waals surface area contributed by atoms with Gasteiger partial charge < -0.3 is 19.4 Å². The summed E-state index contributed by atoms with van der Waals surface area (Å²) in [5.74, 6) is 0.942. The minimum Gasteiger partial charge on any atom is -0.497 e. The molecule has 0 aromatic heterocycles. The molecule has 0 bridgehead atoms. The van der Waals surface area contributed by atoms with Crippen LogP contribution in [-0.2, 0) is 16.1 Å². The van der Waals surface area contributed by atoms with E-state index in [2.05, 4.69) is 4.90 Å². The first-order valence-electron chi connectivity index (χ1n) is 10.0. The predicted molar refractivity (Wildman–Crippen MR) is 114 cm³/mol. The molecule has 29 heavy (non-hydrogen) atoms. The zero-order chi connectivity index (χ0) is 20.6. The standard InChI is InChI=1S/C23H29N3O3/c1-19(27)26(18-20-6-4-3-5-7-20)13-12-23(28)25-16-14-24(15-17-25)21-8-10-22(29-2)11-9-21/h3-11H,12-18H2,1-2H3. The van der Waals surface area contributed by atoms with Gasteiger partial charge >= 0.3 is 0 Å². The third-order valence-electron chi connectivity index (χ3n) is 5.33. The number of hydrogen-bond acceptors (Lipinski definition) is 4. The summed E-state index contributed by atoms with van der Waals surface area (Å²) in [6.07, 6.45) is 0.356. The van der Waals surface area contributed by atoms with Crippen molar-refractivity contribution in [2.45, 2.75) is 19.9 Å². The molecule has 154 valence electrons. The molecule has 0 unspecified atom stereocenters. The molecule has 1 saturated heterocycles. The molecule has 1 aliphatic rings. The molecule has 0 aliphatic carbocycles. The number of carbonyl (C=O) groups is 2. The second-order valence-electron chi connectivity index (χ2n) is 7.24. The highest BCUT2D eigenvalue weighted by molar-refractivity contribution is 5.78. The van der Waals surface area contributed by atoms with E-state index < -0.39 is 0 Å². The Labute approximate surface area is 172 Å². The van der Waals surface area contributed by atoms with Gasteiger partial charge in [-0.3, -0.25) is 9.59 Å². The van der Waals surface area contributed by atoms with Gasteiger partial charge in [0, 0.05) is 58.3 Å². The molecular weight excluding hydrogens is 366 g/mol. The number of amides is 2. The van der Waals surface area contributed by atoms with E-state index in [0.29, 0.717) is 32.6 Å². The first-order valence-corrected chi connectivity index (χ1v) is 10.0. The molecule has 6 heteroatoms. The fourth-order valence-corrected chi connectivity index (χ4v) is 3.55. The van der Waals surface area contributed by atoms with Gasteiger partial charge in [-0.1, -0.05) is 30.3 Å². The van der Waals surface area contributed by atoms with Crippen molar-refractivity contribution in [2.75, 3.05) is 44.7 Å². The largest absolute Gasteiger partial charge is 0.497 e. The number of ether oxygens (including phenoxy) is 1. The lowest BCUT2D eigenvalue weighted by atomic mass is 10.2. The summed E-state index contributed by atoms with van der Waals surface area (Å²) in [6, 6.07) is 17.9. The summed E-state index contributed by atoms with van der Waals surface area (Å²) in [5.41, 5.74) is 2.21. The van der Waals surface area contributed by atoms with Gasteiger partial charge in [0.05, 0.1) is 7.11 Å². The Morgan fingerprint density at radius 2 is 1.62 bits per heavy atom. The van der Waals surface area contributed by atoms with Crippen molar-refractivity contribution in [3.05, 3.63) is 60.2 Å². The van der Waals surface area contributed by atoms with Gasteiger partial charge in [0.1, 0.15) is 5.75 Å². The van der Waals surface area contributed by atoms with Crippen molar-refractivity contribution in [3.63, 3.8) is 0 Å². The van der Waals surface area contributed by atoms with Gasteiger partial charge in [0.2, 0.25) is 11.8 Å². The lowest BCUT2D eigenvalue weighted by Gasteiger charge is -2.36. The lowest BCUT2D eigenvalue weighted by molar-refractivity contribution is -0.134. The summed E-state index contributed by atoms with van der Waals surface area (Å²) in [7, 11) is 1.66. The Bertz CT molecular complexity index is 800. The van der Waals surface area contributed by atoms with E-state index in [0.717, 1.165) is 30.1 Å². The van der Waals surface area contributed by atoms with Crippen molar-refractivity contribution >= 4 is 17.5 Å². The highest BCUT2D eigenvalue weighted by Gasteiger charge is 2.22. The Balaban J connectivity index is 1.47. The summed E-state index contributed by atoms with van der Waals surface area (Å²) in [5, 5.41) is 0. The van der Waals surface area contributed by atoms with E-state index in [1.165, 1.54) is 0 Å². The van der Waals surface area contributed by atoms with Crippen LogP contribution in [0.5, 0.6) is 5.75 Å². The van der Waals surface area contributed by atoms with E-state index in [9.17, 15) is 9.59 Å². The third-order valence-corrected chi connectivity index (χ3v) is 5.33. The number of hydrogen-bond donors (Lipinski definition) is 0. The summed E-state index contributed by atoms with van der Waals surface area (Å²) in [6.45, 7) is 5.54. The smallest absolute Gasteiger partial charge is 0.224 e. The summed E-state index contributed by atoms with van der Waals surface area (Å²) in [4.78, 5) is 30.5. The number of piperazine rings is 1. The van der Waals surface area contributed by atoms with Crippen LogP contribution in [0.4, 0.5) is 5.69 Å². The fraction of sp³-hybridized carbons (Fsp3) is 0.391. The van der Waals surface area contributed by atoms with Crippen LogP contribution in [0, 0.1) is 0 Å². The molecule has 2 aromatic rings. The first kappa shape index (κ1) is 20.7. The minimum atomic E-state index is -0.00835. The van der Waals surface area contributed by atoms with E-state index in [-0.39, 0.29) is 11.8 Å². The van der Waals surface area contributed by atoms with Crippen molar-refractivity contribution < 1.29 is 14.3 Å². The Kier molecular flexibility index (Phi) is 7.11. The van der Waals surface area contributed by atoms with Crippen molar-refractivity contribution in [3.8, 4) is 5.75 Å². The predicted octanol–water partition coefficient (Wildman–Crippen LogP) is 2.78. The van der Waals surface area contributed by atoms with Crippen LogP contribution in [0.25, 0.3) is 0 Å². The second kappa shape index (κ2) is 9.96. The van der Waals surface area contributed by atoms with Crippen LogP contribution in [0.15, 0.2) is 54.6 Å². The minimum absolute atomic E-state index is 0.00835. The number of methoxy groups -OCH3 is 1. The number of rotatable bonds is 7. The molecule has 0 atom stereocenters. The first-order chi connectivity index (χ1) is 14.1. The van der Waals surface area contributed by atoms with Crippen molar-refractivity contribution in [2.24, 2.45) is 0 Å². The van der Waals surface area contributed by atoms with Crippen LogP contribution < -0.4 is 9.64 Å². The highest BCUT2D eigenvalue weighted by Crippen LogP contribution is 2.20. The molecule has 2 amide bonds. The van der Waals surface area contributed by atoms with Crippen LogP contribution in [0.2, 0.25) is 0 Å². The molecule has 1 aliphatic heterocycles. The van der Waals surface area contributed by atoms with Crippen LogP contribution in [-0.4, -0.2) is 61.4 Å². The van der Waals surface area contributed by atoms with E-state index in [4.69, 9.17) is 4.74 Å². The average Bonchev–Trinajstić information content (AvgIpc) is 2.77. The topological polar surface area (TPSA) is 53.1 Å². The Morgan fingerprint density at radius 3 is 2.21 bits per heavy atom. The maximum Gasteiger partial charge on any atom is 0.224 e.